The Labute approximate surface area is 137 Å². The number of nitrogens with one attached hydrogen (secondary N) is 1. The molecule has 1 unspecified atom stereocenters. The quantitative estimate of drug-likeness (QED) is 0.608. The summed E-state index contributed by atoms with van der Waals surface area (Å²) in [5.41, 5.74) is -0.494. The van der Waals surface area contributed by atoms with Crippen LogP contribution in [-0.4, -0.2) is 19.4 Å². The van der Waals surface area contributed by atoms with Gasteiger partial charge in [0.05, 0.1) is 17.4 Å². The van der Waals surface area contributed by atoms with Gasteiger partial charge in [0.15, 0.2) is 4.90 Å². The molecule has 1 heterocycles. The van der Waals surface area contributed by atoms with E-state index in [2.05, 4.69) is 4.72 Å². The lowest BCUT2D eigenvalue weighted by Gasteiger charge is -2.15. The van der Waals surface area contributed by atoms with E-state index < -0.39 is 31.6 Å². The number of thiophene rings is 1. The third-order valence-electron chi connectivity index (χ3n) is 3.04. The molecule has 0 aliphatic heterocycles. The first kappa shape index (κ1) is 17.1. The van der Waals surface area contributed by atoms with Gasteiger partial charge in [0.2, 0.25) is 10.0 Å². The topological polar surface area (TPSA) is 113 Å². The van der Waals surface area contributed by atoms with Crippen molar-refractivity contribution >= 4 is 27.0 Å². The summed E-state index contributed by atoms with van der Waals surface area (Å²) >= 11 is 1.45. The molecule has 1 N–H and O–H groups in total. The number of rotatable bonds is 7. The second kappa shape index (κ2) is 7.32. The predicted octanol–water partition coefficient (Wildman–Crippen LogP) is 2.46. The molecule has 1 atom stereocenters. The van der Waals surface area contributed by atoms with Crippen molar-refractivity contribution in [3.05, 3.63) is 56.8 Å². The third kappa shape index (κ3) is 4.35. The Morgan fingerprint density at radius 1 is 1.30 bits per heavy atom. The standard InChI is InChI=1S/C14H13N3O4S2/c15-8-7-11(10-12-4-3-9-22-12)16-23(20,21)14-6-2-1-5-13(14)17(18)19/h1-6,9,11,16H,7,10H2. The van der Waals surface area contributed by atoms with Crippen molar-refractivity contribution < 1.29 is 13.3 Å². The molecular weight excluding hydrogens is 338 g/mol. The first-order valence-corrected chi connectivity index (χ1v) is 8.95. The summed E-state index contributed by atoms with van der Waals surface area (Å²) in [4.78, 5) is 10.8. The van der Waals surface area contributed by atoms with E-state index in [1.54, 1.807) is 0 Å². The average molecular weight is 351 g/mol. The maximum Gasteiger partial charge on any atom is 0.289 e. The molecule has 1 aromatic carbocycles. The fourth-order valence-electron chi connectivity index (χ4n) is 2.06. The Bertz CT molecular complexity index is 826. The molecule has 23 heavy (non-hydrogen) atoms. The van der Waals surface area contributed by atoms with E-state index in [1.807, 2.05) is 23.6 Å². The summed E-state index contributed by atoms with van der Waals surface area (Å²) in [7, 11) is -4.10. The molecule has 7 nitrogen and oxygen atoms in total. The SMILES string of the molecule is N#CCC(Cc1cccs1)NS(=O)(=O)c1ccccc1[N+](=O)[O-]. The highest BCUT2D eigenvalue weighted by Crippen LogP contribution is 2.23. The lowest BCUT2D eigenvalue weighted by molar-refractivity contribution is -0.387. The van der Waals surface area contributed by atoms with Gasteiger partial charge in [0.1, 0.15) is 0 Å². The van der Waals surface area contributed by atoms with Gasteiger partial charge in [-0.25, -0.2) is 13.1 Å². The van der Waals surface area contributed by atoms with Crippen molar-refractivity contribution in [3.8, 4) is 6.07 Å². The Kier molecular flexibility index (Phi) is 5.44. The number of nitriles is 1. The van der Waals surface area contributed by atoms with Gasteiger partial charge < -0.3 is 0 Å². The molecule has 0 aliphatic carbocycles. The number of benzene rings is 1. The van der Waals surface area contributed by atoms with Gasteiger partial charge in [0.25, 0.3) is 5.69 Å². The summed E-state index contributed by atoms with van der Waals surface area (Å²) in [6, 6.07) is 10.1. The second-order valence-corrected chi connectivity index (χ2v) is 7.40. The zero-order valence-corrected chi connectivity index (χ0v) is 13.5. The van der Waals surface area contributed by atoms with Crippen LogP contribution >= 0.6 is 11.3 Å². The molecule has 0 aliphatic rings. The second-order valence-electron chi connectivity index (χ2n) is 4.69. The van der Waals surface area contributed by atoms with E-state index in [9.17, 15) is 18.5 Å². The lowest BCUT2D eigenvalue weighted by atomic mass is 10.1. The van der Waals surface area contributed by atoms with E-state index in [4.69, 9.17) is 5.26 Å². The van der Waals surface area contributed by atoms with E-state index in [0.717, 1.165) is 10.9 Å². The van der Waals surface area contributed by atoms with Gasteiger partial charge in [-0.3, -0.25) is 10.1 Å². The maximum absolute atomic E-state index is 12.4. The van der Waals surface area contributed by atoms with Gasteiger partial charge in [0, 0.05) is 17.0 Å². The number of para-hydroxylation sites is 1. The summed E-state index contributed by atoms with van der Waals surface area (Å²) in [6.45, 7) is 0. The highest BCUT2D eigenvalue weighted by Gasteiger charge is 2.27. The summed E-state index contributed by atoms with van der Waals surface area (Å²) in [5, 5.41) is 21.7. The van der Waals surface area contributed by atoms with Crippen molar-refractivity contribution in [2.45, 2.75) is 23.8 Å². The minimum Gasteiger partial charge on any atom is -0.258 e. The van der Waals surface area contributed by atoms with Crippen molar-refractivity contribution in [1.82, 2.24) is 4.72 Å². The van der Waals surface area contributed by atoms with E-state index >= 15 is 0 Å². The van der Waals surface area contributed by atoms with Crippen molar-refractivity contribution in [3.63, 3.8) is 0 Å². The lowest BCUT2D eigenvalue weighted by Crippen LogP contribution is -2.36. The zero-order chi connectivity index (χ0) is 16.9. The average Bonchev–Trinajstić information content (AvgIpc) is 3.00. The number of nitrogens with zero attached hydrogens (tertiary/aromatic N) is 2. The van der Waals surface area contributed by atoms with Crippen LogP contribution in [0, 0.1) is 21.4 Å². The Hall–Kier alpha value is -2.28. The Morgan fingerprint density at radius 2 is 2.04 bits per heavy atom. The minimum atomic E-state index is -4.10. The Morgan fingerprint density at radius 3 is 2.65 bits per heavy atom. The number of nitro benzene ring substituents is 1. The van der Waals surface area contributed by atoms with Gasteiger partial charge in [-0.2, -0.15) is 5.26 Å². The maximum atomic E-state index is 12.4. The highest BCUT2D eigenvalue weighted by molar-refractivity contribution is 7.89. The van der Waals surface area contributed by atoms with Crippen molar-refractivity contribution in [2.24, 2.45) is 0 Å². The van der Waals surface area contributed by atoms with Crippen molar-refractivity contribution in [1.29, 1.82) is 5.26 Å². The van der Waals surface area contributed by atoms with Crippen LogP contribution in [0.5, 0.6) is 0 Å². The number of sulfonamides is 1. The number of nitro groups is 1. The van der Waals surface area contributed by atoms with E-state index in [0.29, 0.717) is 6.42 Å². The number of hydrogen-bond acceptors (Lipinski definition) is 6. The zero-order valence-electron chi connectivity index (χ0n) is 11.9. The molecule has 0 spiro atoms. The van der Waals surface area contributed by atoms with Crippen molar-refractivity contribution in [2.75, 3.05) is 0 Å². The summed E-state index contributed by atoms with van der Waals surface area (Å²) < 4.78 is 27.3. The molecule has 0 saturated carbocycles. The van der Waals surface area contributed by atoms with Gasteiger partial charge >= 0.3 is 0 Å². The Balaban J connectivity index is 2.28. The van der Waals surface area contributed by atoms with E-state index in [1.165, 1.54) is 29.5 Å². The summed E-state index contributed by atoms with van der Waals surface area (Å²) in [5.74, 6) is 0. The van der Waals surface area contributed by atoms with Crippen LogP contribution < -0.4 is 4.72 Å². The molecule has 0 bridgehead atoms. The van der Waals surface area contributed by atoms with Crippen LogP contribution in [0.4, 0.5) is 5.69 Å². The number of hydrogen-bond donors (Lipinski definition) is 1. The van der Waals surface area contributed by atoms with Crippen LogP contribution in [-0.2, 0) is 16.4 Å². The molecule has 9 heteroatoms. The first-order chi connectivity index (χ1) is 10.9. The molecule has 0 radical (unpaired) electrons. The van der Waals surface area contributed by atoms with Gasteiger partial charge in [-0.1, -0.05) is 18.2 Å². The fraction of sp³-hybridized carbons (Fsp3) is 0.214. The largest absolute Gasteiger partial charge is 0.289 e. The molecule has 120 valence electrons. The first-order valence-electron chi connectivity index (χ1n) is 6.59. The van der Waals surface area contributed by atoms with Crippen LogP contribution in [0.2, 0.25) is 0 Å². The molecule has 0 fully saturated rings. The smallest absolute Gasteiger partial charge is 0.258 e. The van der Waals surface area contributed by atoms with Crippen LogP contribution in [0.25, 0.3) is 0 Å². The van der Waals surface area contributed by atoms with Crippen LogP contribution in [0.3, 0.4) is 0 Å². The fourth-order valence-corrected chi connectivity index (χ4v) is 4.25. The molecule has 1 aromatic heterocycles. The molecule has 0 amide bonds. The normalized spacial score (nSPS) is 12.5. The molecular formula is C14H13N3O4S2. The highest BCUT2D eigenvalue weighted by atomic mass is 32.2. The molecule has 2 aromatic rings. The monoisotopic (exact) mass is 351 g/mol. The predicted molar refractivity (Wildman–Crippen MR) is 85.5 cm³/mol. The molecule has 0 saturated heterocycles. The van der Waals surface area contributed by atoms with Gasteiger partial charge in [-0.05, 0) is 23.9 Å². The third-order valence-corrected chi connectivity index (χ3v) is 5.51. The van der Waals surface area contributed by atoms with Gasteiger partial charge in [-0.15, -0.1) is 11.3 Å². The summed E-state index contributed by atoms with van der Waals surface area (Å²) in [6.07, 6.45) is 0.322. The minimum absolute atomic E-state index is 0.0300. The van der Waals surface area contributed by atoms with E-state index in [-0.39, 0.29) is 6.42 Å². The molecule has 2 rings (SSSR count). The van der Waals surface area contributed by atoms with Crippen LogP contribution in [0.1, 0.15) is 11.3 Å². The van der Waals surface area contributed by atoms with Crippen LogP contribution in [0.15, 0.2) is 46.7 Å².